The number of benzene rings is 2. The van der Waals surface area contributed by atoms with Crippen molar-refractivity contribution in [2.24, 2.45) is 0 Å². The molecule has 0 aliphatic carbocycles. The molecule has 1 N–H and O–H groups in total. The maximum absolute atomic E-state index is 12.8. The third-order valence-corrected chi connectivity index (χ3v) is 5.92. The number of aromatic nitrogens is 1. The molecule has 6 nitrogen and oxygen atoms in total. The topological polar surface area (TPSA) is 63.7 Å². The van der Waals surface area contributed by atoms with Crippen LogP contribution >= 0.6 is 0 Å². The number of carbonyl (C=O) groups is 1. The third kappa shape index (κ3) is 4.49. The SMILES string of the molecule is COc1cc2c(cc1OC)CN(CCNC(=O)c1cc3ccc(C)cc3nc1C)CC2. The van der Waals surface area contributed by atoms with Crippen molar-refractivity contribution in [1.82, 2.24) is 15.2 Å². The lowest BCUT2D eigenvalue weighted by atomic mass is 9.99. The van der Waals surface area contributed by atoms with Crippen LogP contribution in [0.15, 0.2) is 36.4 Å². The van der Waals surface area contributed by atoms with Gasteiger partial charge in [-0.3, -0.25) is 14.7 Å². The van der Waals surface area contributed by atoms with Crippen LogP contribution in [0.3, 0.4) is 0 Å². The van der Waals surface area contributed by atoms with Crippen LogP contribution in [0.5, 0.6) is 11.5 Å². The minimum absolute atomic E-state index is 0.0729. The Kier molecular flexibility index (Phi) is 6.09. The largest absolute Gasteiger partial charge is 0.493 e. The zero-order valence-corrected chi connectivity index (χ0v) is 18.6. The number of rotatable bonds is 6. The molecule has 2 aromatic carbocycles. The van der Waals surface area contributed by atoms with E-state index in [0.29, 0.717) is 12.1 Å². The Balaban J connectivity index is 1.38. The lowest BCUT2D eigenvalue weighted by molar-refractivity contribution is 0.0946. The number of hydrogen-bond acceptors (Lipinski definition) is 5. The number of carbonyl (C=O) groups excluding carboxylic acids is 1. The van der Waals surface area contributed by atoms with E-state index in [4.69, 9.17) is 9.47 Å². The monoisotopic (exact) mass is 419 g/mol. The summed E-state index contributed by atoms with van der Waals surface area (Å²) >= 11 is 0. The van der Waals surface area contributed by atoms with Crippen molar-refractivity contribution >= 4 is 16.8 Å². The van der Waals surface area contributed by atoms with E-state index in [-0.39, 0.29) is 5.91 Å². The van der Waals surface area contributed by atoms with Crippen molar-refractivity contribution in [3.63, 3.8) is 0 Å². The first-order valence-corrected chi connectivity index (χ1v) is 10.6. The molecule has 1 aliphatic rings. The second-order valence-electron chi connectivity index (χ2n) is 8.08. The van der Waals surface area contributed by atoms with Gasteiger partial charge in [-0.1, -0.05) is 12.1 Å². The maximum atomic E-state index is 12.8. The van der Waals surface area contributed by atoms with Crippen LogP contribution in [-0.2, 0) is 13.0 Å². The summed E-state index contributed by atoms with van der Waals surface area (Å²) in [5.41, 5.74) is 6.02. The fraction of sp³-hybridized carbons (Fsp3) is 0.360. The molecule has 0 atom stereocenters. The number of hydrogen-bond donors (Lipinski definition) is 1. The van der Waals surface area contributed by atoms with Crippen LogP contribution in [0.1, 0.15) is 32.7 Å². The molecule has 31 heavy (non-hydrogen) atoms. The molecule has 0 unspecified atom stereocenters. The van der Waals surface area contributed by atoms with Gasteiger partial charge in [0.05, 0.1) is 31.0 Å². The summed E-state index contributed by atoms with van der Waals surface area (Å²) in [6.07, 6.45) is 0.955. The highest BCUT2D eigenvalue weighted by molar-refractivity contribution is 5.98. The molecule has 3 aromatic rings. The Morgan fingerprint density at radius 3 is 2.55 bits per heavy atom. The van der Waals surface area contributed by atoms with Crippen molar-refractivity contribution in [2.75, 3.05) is 33.9 Å². The highest BCUT2D eigenvalue weighted by Crippen LogP contribution is 2.33. The van der Waals surface area contributed by atoms with E-state index in [9.17, 15) is 4.79 Å². The molecule has 0 bridgehead atoms. The van der Waals surface area contributed by atoms with Gasteiger partial charge in [-0.25, -0.2) is 0 Å². The number of ether oxygens (including phenoxy) is 2. The molecule has 0 spiro atoms. The van der Waals surface area contributed by atoms with Gasteiger partial charge in [-0.05, 0) is 61.2 Å². The van der Waals surface area contributed by atoms with Gasteiger partial charge in [0, 0.05) is 31.6 Å². The first-order chi connectivity index (χ1) is 15.0. The van der Waals surface area contributed by atoms with Crippen LogP contribution in [0.2, 0.25) is 0 Å². The fourth-order valence-electron chi connectivity index (χ4n) is 4.16. The van der Waals surface area contributed by atoms with Crippen molar-refractivity contribution in [2.45, 2.75) is 26.8 Å². The van der Waals surface area contributed by atoms with Crippen molar-refractivity contribution in [1.29, 1.82) is 0 Å². The minimum atomic E-state index is -0.0729. The van der Waals surface area contributed by atoms with Gasteiger partial charge in [0.25, 0.3) is 5.91 Å². The minimum Gasteiger partial charge on any atom is -0.493 e. The molecule has 0 fully saturated rings. The van der Waals surface area contributed by atoms with Gasteiger partial charge < -0.3 is 14.8 Å². The van der Waals surface area contributed by atoms with Crippen molar-refractivity contribution in [3.8, 4) is 11.5 Å². The van der Waals surface area contributed by atoms with Gasteiger partial charge >= 0.3 is 0 Å². The molecule has 1 amide bonds. The van der Waals surface area contributed by atoms with Crippen LogP contribution in [-0.4, -0.2) is 49.6 Å². The Bertz CT molecular complexity index is 1130. The Hall–Kier alpha value is -3.12. The number of amides is 1. The molecule has 4 rings (SSSR count). The number of aryl methyl sites for hydroxylation is 2. The zero-order valence-electron chi connectivity index (χ0n) is 18.6. The Morgan fingerprint density at radius 2 is 1.81 bits per heavy atom. The summed E-state index contributed by atoms with van der Waals surface area (Å²) in [6, 6.07) is 12.2. The zero-order chi connectivity index (χ0) is 22.0. The smallest absolute Gasteiger partial charge is 0.253 e. The van der Waals surface area contributed by atoms with E-state index in [1.807, 2.05) is 38.1 Å². The molecule has 2 heterocycles. The lowest BCUT2D eigenvalue weighted by Crippen LogP contribution is -2.38. The van der Waals surface area contributed by atoms with E-state index in [1.165, 1.54) is 11.1 Å². The summed E-state index contributed by atoms with van der Waals surface area (Å²) < 4.78 is 10.9. The van der Waals surface area contributed by atoms with Crippen LogP contribution < -0.4 is 14.8 Å². The molecule has 6 heteroatoms. The highest BCUT2D eigenvalue weighted by atomic mass is 16.5. The Morgan fingerprint density at radius 1 is 1.06 bits per heavy atom. The first kappa shape index (κ1) is 21.1. The maximum Gasteiger partial charge on any atom is 0.253 e. The second kappa shape index (κ2) is 8.94. The summed E-state index contributed by atoms with van der Waals surface area (Å²) in [6.45, 7) is 7.10. The van der Waals surface area contributed by atoms with E-state index in [1.54, 1.807) is 14.2 Å². The van der Waals surface area contributed by atoms with E-state index in [0.717, 1.165) is 59.7 Å². The standard InChI is InChI=1S/C25H29N3O3/c1-16-5-6-19-12-21(17(2)27-22(19)11-16)25(29)26-8-10-28-9-7-18-13-23(30-3)24(31-4)14-20(18)15-28/h5-6,11-14H,7-10,15H2,1-4H3,(H,26,29). The summed E-state index contributed by atoms with van der Waals surface area (Å²) in [5, 5.41) is 4.05. The average molecular weight is 420 g/mol. The van der Waals surface area contributed by atoms with E-state index in [2.05, 4.69) is 27.3 Å². The number of methoxy groups -OCH3 is 2. The van der Waals surface area contributed by atoms with Crippen LogP contribution in [0, 0.1) is 13.8 Å². The predicted octanol–water partition coefficient (Wildman–Crippen LogP) is 3.66. The van der Waals surface area contributed by atoms with E-state index < -0.39 is 0 Å². The first-order valence-electron chi connectivity index (χ1n) is 10.6. The van der Waals surface area contributed by atoms with Gasteiger partial charge in [0.15, 0.2) is 11.5 Å². The van der Waals surface area contributed by atoms with E-state index >= 15 is 0 Å². The molecule has 0 saturated heterocycles. The molecule has 1 aliphatic heterocycles. The predicted molar refractivity (Wildman–Crippen MR) is 122 cm³/mol. The highest BCUT2D eigenvalue weighted by Gasteiger charge is 2.19. The number of fused-ring (bicyclic) bond motifs is 2. The molecule has 0 radical (unpaired) electrons. The van der Waals surface area contributed by atoms with Crippen LogP contribution in [0.4, 0.5) is 0 Å². The van der Waals surface area contributed by atoms with Crippen LogP contribution in [0.25, 0.3) is 10.9 Å². The summed E-state index contributed by atoms with van der Waals surface area (Å²) in [4.78, 5) is 19.7. The second-order valence-corrected chi connectivity index (χ2v) is 8.08. The third-order valence-electron chi connectivity index (χ3n) is 5.92. The van der Waals surface area contributed by atoms with Crippen molar-refractivity contribution in [3.05, 3.63) is 64.3 Å². The molecular formula is C25H29N3O3. The molecule has 1 aromatic heterocycles. The average Bonchev–Trinajstić information content (AvgIpc) is 2.77. The molecular weight excluding hydrogens is 390 g/mol. The summed E-state index contributed by atoms with van der Waals surface area (Å²) in [5.74, 6) is 1.46. The lowest BCUT2D eigenvalue weighted by Gasteiger charge is -2.29. The van der Waals surface area contributed by atoms with Gasteiger partial charge in [0.2, 0.25) is 0 Å². The van der Waals surface area contributed by atoms with Gasteiger partial charge in [0.1, 0.15) is 0 Å². The molecule has 0 saturated carbocycles. The van der Waals surface area contributed by atoms with Crippen molar-refractivity contribution < 1.29 is 14.3 Å². The number of pyridine rings is 1. The summed E-state index contributed by atoms with van der Waals surface area (Å²) in [7, 11) is 3.32. The Labute approximate surface area is 183 Å². The van der Waals surface area contributed by atoms with Gasteiger partial charge in [-0.15, -0.1) is 0 Å². The van der Waals surface area contributed by atoms with Gasteiger partial charge in [-0.2, -0.15) is 0 Å². The molecule has 162 valence electrons. The number of nitrogens with zero attached hydrogens (tertiary/aromatic N) is 2. The number of nitrogens with one attached hydrogen (secondary N) is 1. The fourth-order valence-corrected chi connectivity index (χ4v) is 4.16. The normalized spacial score (nSPS) is 13.7. The quantitative estimate of drug-likeness (QED) is 0.661.